The summed E-state index contributed by atoms with van der Waals surface area (Å²) in [7, 11) is 0. The number of hydrogen-bond donors (Lipinski definition) is 2. The second-order valence-corrected chi connectivity index (χ2v) is 6.39. The number of aromatic hydroxyl groups is 1. The molecule has 1 aromatic heterocycles. The summed E-state index contributed by atoms with van der Waals surface area (Å²) in [5.74, 6) is 0.323. The SMILES string of the molecule is CCN(CC)Cc1cc(Nc2ccnc3cc(Cl)ccc23)ccc1O.Cl.Cl.O.O. The summed E-state index contributed by atoms with van der Waals surface area (Å²) in [5, 5.41) is 15.3. The number of aromatic nitrogens is 1. The number of halogens is 3. The van der Waals surface area contributed by atoms with Gasteiger partial charge < -0.3 is 21.4 Å². The molecule has 0 spiro atoms. The molecule has 6 nitrogen and oxygen atoms in total. The van der Waals surface area contributed by atoms with Crippen molar-refractivity contribution in [2.75, 3.05) is 18.4 Å². The Hall–Kier alpha value is -1.80. The first-order chi connectivity index (χ1) is 12.1. The van der Waals surface area contributed by atoms with Crippen molar-refractivity contribution in [1.82, 2.24) is 9.88 Å². The number of fused-ring (bicyclic) bond motifs is 1. The summed E-state index contributed by atoms with van der Waals surface area (Å²) in [4.78, 5) is 6.63. The number of nitrogens with zero attached hydrogens (tertiary/aromatic N) is 2. The van der Waals surface area contributed by atoms with Crippen molar-refractivity contribution < 1.29 is 16.1 Å². The molecular formula is C20H28Cl3N3O3. The molecule has 2 aromatic carbocycles. The molecule has 9 heteroatoms. The van der Waals surface area contributed by atoms with Gasteiger partial charge in [0.05, 0.1) is 5.52 Å². The maximum Gasteiger partial charge on any atom is 0.120 e. The van der Waals surface area contributed by atoms with E-state index in [2.05, 4.69) is 29.0 Å². The Bertz CT molecular complexity index is 893. The topological polar surface area (TPSA) is 111 Å². The van der Waals surface area contributed by atoms with E-state index in [4.69, 9.17) is 11.6 Å². The van der Waals surface area contributed by atoms with Crippen LogP contribution in [0.2, 0.25) is 5.02 Å². The van der Waals surface area contributed by atoms with Gasteiger partial charge in [0.15, 0.2) is 0 Å². The van der Waals surface area contributed by atoms with Crippen molar-refractivity contribution >= 4 is 58.7 Å². The molecule has 0 radical (unpaired) electrons. The number of nitrogens with one attached hydrogen (secondary N) is 1. The van der Waals surface area contributed by atoms with Gasteiger partial charge in [0.1, 0.15) is 5.75 Å². The van der Waals surface area contributed by atoms with E-state index in [0.717, 1.165) is 47.5 Å². The van der Waals surface area contributed by atoms with Gasteiger partial charge in [-0.2, -0.15) is 0 Å². The molecule has 0 saturated heterocycles. The van der Waals surface area contributed by atoms with Crippen molar-refractivity contribution in [1.29, 1.82) is 0 Å². The Balaban J connectivity index is 0. The van der Waals surface area contributed by atoms with Gasteiger partial charge in [0, 0.05) is 40.1 Å². The van der Waals surface area contributed by atoms with Gasteiger partial charge >= 0.3 is 0 Å². The molecule has 0 saturated carbocycles. The lowest BCUT2D eigenvalue weighted by Crippen LogP contribution is -2.22. The van der Waals surface area contributed by atoms with E-state index < -0.39 is 0 Å². The van der Waals surface area contributed by atoms with Crippen LogP contribution in [0, 0.1) is 0 Å². The second kappa shape index (κ2) is 13.4. The third kappa shape index (κ3) is 7.19. The molecule has 0 unspecified atom stereocenters. The fourth-order valence-electron chi connectivity index (χ4n) is 2.86. The highest BCUT2D eigenvalue weighted by atomic mass is 35.5. The van der Waals surface area contributed by atoms with Crippen LogP contribution in [0.4, 0.5) is 11.4 Å². The summed E-state index contributed by atoms with van der Waals surface area (Å²) in [6.07, 6.45) is 1.76. The summed E-state index contributed by atoms with van der Waals surface area (Å²) in [5.41, 5.74) is 3.65. The second-order valence-electron chi connectivity index (χ2n) is 5.95. The number of phenolic OH excluding ortho intramolecular Hbond substituents is 1. The van der Waals surface area contributed by atoms with E-state index in [1.165, 1.54) is 0 Å². The van der Waals surface area contributed by atoms with E-state index in [9.17, 15) is 5.11 Å². The molecule has 0 aliphatic carbocycles. The van der Waals surface area contributed by atoms with Gasteiger partial charge in [-0.05, 0) is 55.6 Å². The van der Waals surface area contributed by atoms with Crippen LogP contribution in [0.3, 0.4) is 0 Å². The highest BCUT2D eigenvalue weighted by Crippen LogP contribution is 2.29. The van der Waals surface area contributed by atoms with Crippen LogP contribution < -0.4 is 5.32 Å². The maximum atomic E-state index is 10.2. The summed E-state index contributed by atoms with van der Waals surface area (Å²) >= 11 is 6.05. The van der Waals surface area contributed by atoms with Crippen LogP contribution in [-0.4, -0.2) is 39.0 Å². The Morgan fingerprint density at radius 1 is 1.00 bits per heavy atom. The molecule has 0 fully saturated rings. The predicted molar refractivity (Wildman–Crippen MR) is 126 cm³/mol. The number of rotatable bonds is 6. The molecule has 0 aliphatic rings. The molecule has 0 bridgehead atoms. The quantitative estimate of drug-likeness (QED) is 0.527. The average Bonchev–Trinajstić information content (AvgIpc) is 2.62. The van der Waals surface area contributed by atoms with Crippen LogP contribution in [0.25, 0.3) is 10.9 Å². The van der Waals surface area contributed by atoms with Gasteiger partial charge in [-0.1, -0.05) is 25.4 Å². The van der Waals surface area contributed by atoms with Crippen molar-refractivity contribution in [3.8, 4) is 5.75 Å². The smallest absolute Gasteiger partial charge is 0.120 e. The average molecular weight is 465 g/mol. The van der Waals surface area contributed by atoms with E-state index >= 15 is 0 Å². The molecular weight excluding hydrogens is 437 g/mol. The summed E-state index contributed by atoms with van der Waals surface area (Å²) < 4.78 is 0. The van der Waals surface area contributed by atoms with Crippen molar-refractivity contribution in [2.45, 2.75) is 20.4 Å². The Morgan fingerprint density at radius 2 is 1.69 bits per heavy atom. The van der Waals surface area contributed by atoms with Crippen LogP contribution in [-0.2, 0) is 6.54 Å². The van der Waals surface area contributed by atoms with E-state index in [1.807, 2.05) is 36.4 Å². The van der Waals surface area contributed by atoms with Crippen LogP contribution in [0.15, 0.2) is 48.7 Å². The lowest BCUT2D eigenvalue weighted by atomic mass is 10.1. The molecule has 162 valence electrons. The van der Waals surface area contributed by atoms with Crippen molar-refractivity contribution in [3.05, 3.63) is 59.2 Å². The van der Waals surface area contributed by atoms with E-state index in [-0.39, 0.29) is 35.8 Å². The summed E-state index contributed by atoms with van der Waals surface area (Å²) in [6, 6.07) is 13.2. The largest absolute Gasteiger partial charge is 0.508 e. The minimum absolute atomic E-state index is 0. The third-order valence-electron chi connectivity index (χ3n) is 4.35. The fourth-order valence-corrected chi connectivity index (χ4v) is 3.03. The first-order valence-electron chi connectivity index (χ1n) is 8.46. The zero-order chi connectivity index (χ0) is 17.8. The highest BCUT2D eigenvalue weighted by Gasteiger charge is 2.09. The van der Waals surface area contributed by atoms with E-state index in [0.29, 0.717) is 10.8 Å². The number of pyridine rings is 1. The number of hydrogen-bond acceptors (Lipinski definition) is 4. The zero-order valence-corrected chi connectivity index (χ0v) is 18.7. The van der Waals surface area contributed by atoms with Gasteiger partial charge in [0.2, 0.25) is 0 Å². The normalized spacial score (nSPS) is 9.66. The Morgan fingerprint density at radius 3 is 2.34 bits per heavy atom. The first kappa shape index (κ1) is 29.4. The molecule has 0 atom stereocenters. The maximum absolute atomic E-state index is 10.2. The van der Waals surface area contributed by atoms with Crippen LogP contribution in [0.5, 0.6) is 5.75 Å². The minimum atomic E-state index is 0. The zero-order valence-electron chi connectivity index (χ0n) is 16.3. The van der Waals surface area contributed by atoms with E-state index in [1.54, 1.807) is 12.3 Å². The van der Waals surface area contributed by atoms with Crippen LogP contribution >= 0.6 is 36.4 Å². The lowest BCUT2D eigenvalue weighted by molar-refractivity contribution is 0.291. The molecule has 1 heterocycles. The third-order valence-corrected chi connectivity index (χ3v) is 4.59. The molecule has 3 aromatic rings. The molecule has 0 amide bonds. The number of anilines is 2. The molecule has 3 rings (SSSR count). The predicted octanol–water partition coefficient (Wildman–Crippen LogP) is 4.37. The summed E-state index contributed by atoms with van der Waals surface area (Å²) in [6.45, 7) is 6.86. The number of phenols is 1. The van der Waals surface area contributed by atoms with Crippen molar-refractivity contribution in [2.24, 2.45) is 0 Å². The van der Waals surface area contributed by atoms with Gasteiger partial charge in [-0.25, -0.2) is 0 Å². The van der Waals surface area contributed by atoms with Gasteiger partial charge in [-0.3, -0.25) is 9.88 Å². The van der Waals surface area contributed by atoms with Crippen LogP contribution in [0.1, 0.15) is 19.4 Å². The Kier molecular flexibility index (Phi) is 13.6. The minimum Gasteiger partial charge on any atom is -0.508 e. The molecule has 29 heavy (non-hydrogen) atoms. The Labute approximate surface area is 188 Å². The molecule has 0 aliphatic heterocycles. The lowest BCUT2D eigenvalue weighted by Gasteiger charge is -2.19. The van der Waals surface area contributed by atoms with Crippen molar-refractivity contribution in [3.63, 3.8) is 0 Å². The first-order valence-corrected chi connectivity index (χ1v) is 8.84. The molecule has 6 N–H and O–H groups in total. The fraction of sp³-hybridized carbons (Fsp3) is 0.250. The van der Waals surface area contributed by atoms with Gasteiger partial charge in [0.25, 0.3) is 0 Å². The number of benzene rings is 2. The standard InChI is InChI=1S/C20H22ClN3O.2ClH.2H2O/c1-3-24(4-2)13-14-11-16(6-8-20(14)25)23-18-9-10-22-19-12-15(21)5-7-17(18)19;;;;/h5-12,25H,3-4,13H2,1-2H3,(H,22,23);2*1H;2*1H2. The monoisotopic (exact) mass is 463 g/mol. The highest BCUT2D eigenvalue weighted by molar-refractivity contribution is 6.31. The van der Waals surface area contributed by atoms with Gasteiger partial charge in [-0.15, -0.1) is 24.8 Å².